The van der Waals surface area contributed by atoms with Crippen LogP contribution in [0.15, 0.2) is 61.2 Å². The maximum absolute atomic E-state index is 13.2. The molecule has 140 valence electrons. The second-order valence-electron chi connectivity index (χ2n) is 6.38. The first-order valence-electron chi connectivity index (χ1n) is 8.61. The smallest absolute Gasteiger partial charge is 0.417 e. The average molecular weight is 404 g/mol. The highest BCUT2D eigenvalue weighted by Crippen LogP contribution is 2.31. The van der Waals surface area contributed by atoms with Crippen LogP contribution in [0.1, 0.15) is 23.5 Å². The van der Waals surface area contributed by atoms with Gasteiger partial charge in [-0.15, -0.1) is 6.58 Å². The third-order valence-electron chi connectivity index (χ3n) is 4.56. The number of benzene rings is 2. The summed E-state index contributed by atoms with van der Waals surface area (Å²) in [5, 5.41) is 0.772. The van der Waals surface area contributed by atoms with Gasteiger partial charge in [0.15, 0.2) is 0 Å². The van der Waals surface area contributed by atoms with Crippen molar-refractivity contribution in [3.05, 3.63) is 82.4 Å². The Hall–Kier alpha value is -2.30. The van der Waals surface area contributed by atoms with E-state index in [9.17, 15) is 9.59 Å². The second-order valence-corrected chi connectivity index (χ2v) is 7.19. The van der Waals surface area contributed by atoms with E-state index in [2.05, 4.69) is 6.58 Å². The normalized spacial score (nSPS) is 17.5. The van der Waals surface area contributed by atoms with Crippen LogP contribution in [-0.4, -0.2) is 29.5 Å². The number of hydrogen-bond donors (Lipinski definition) is 0. The van der Waals surface area contributed by atoms with Crippen LogP contribution in [0.2, 0.25) is 10.0 Å². The standard InChI is InChI=1S/C21H19Cl2NO3/c1-2-6-17(15-9-10-18(22)19(23)12-15)20(25)24-16(13-27-21(24)26)11-14-7-4-3-5-8-14/h2-5,7-10,12,16-17H,1,6,11,13H2/t16-,17-/m1/s1. The fourth-order valence-electron chi connectivity index (χ4n) is 3.21. The summed E-state index contributed by atoms with van der Waals surface area (Å²) in [4.78, 5) is 26.8. The molecule has 0 saturated carbocycles. The van der Waals surface area contributed by atoms with Gasteiger partial charge >= 0.3 is 6.09 Å². The van der Waals surface area contributed by atoms with E-state index in [0.29, 0.717) is 28.5 Å². The zero-order valence-electron chi connectivity index (χ0n) is 14.6. The van der Waals surface area contributed by atoms with Gasteiger partial charge in [-0.1, -0.05) is 65.7 Å². The summed E-state index contributed by atoms with van der Waals surface area (Å²) in [5.41, 5.74) is 1.72. The molecule has 0 radical (unpaired) electrons. The predicted molar refractivity (Wildman–Crippen MR) is 106 cm³/mol. The van der Waals surface area contributed by atoms with Crippen LogP contribution >= 0.6 is 23.2 Å². The predicted octanol–water partition coefficient (Wildman–Crippen LogP) is 5.24. The minimum absolute atomic E-state index is 0.182. The maximum atomic E-state index is 13.2. The molecule has 2 atom stereocenters. The van der Waals surface area contributed by atoms with Crippen molar-refractivity contribution in [3.63, 3.8) is 0 Å². The molecule has 0 aliphatic carbocycles. The summed E-state index contributed by atoms with van der Waals surface area (Å²) in [7, 11) is 0. The van der Waals surface area contributed by atoms with Gasteiger partial charge in [0.2, 0.25) is 5.91 Å². The first-order chi connectivity index (χ1) is 13.0. The van der Waals surface area contributed by atoms with Gasteiger partial charge in [-0.25, -0.2) is 9.69 Å². The first-order valence-corrected chi connectivity index (χ1v) is 9.36. The Balaban J connectivity index is 1.87. The van der Waals surface area contributed by atoms with Gasteiger partial charge in [-0.05, 0) is 36.1 Å². The van der Waals surface area contributed by atoms with E-state index in [4.69, 9.17) is 27.9 Å². The molecular formula is C21H19Cl2NO3. The van der Waals surface area contributed by atoms with E-state index in [1.807, 2.05) is 30.3 Å². The third-order valence-corrected chi connectivity index (χ3v) is 5.30. The zero-order chi connectivity index (χ0) is 19.4. The zero-order valence-corrected chi connectivity index (χ0v) is 16.1. The summed E-state index contributed by atoms with van der Waals surface area (Å²) in [6.07, 6.45) is 1.95. The van der Waals surface area contributed by atoms with Crippen molar-refractivity contribution in [2.75, 3.05) is 6.61 Å². The monoisotopic (exact) mass is 403 g/mol. The Morgan fingerprint density at radius 1 is 1.22 bits per heavy atom. The number of nitrogens with zero attached hydrogens (tertiary/aromatic N) is 1. The molecule has 6 heteroatoms. The van der Waals surface area contributed by atoms with Gasteiger partial charge in [0.05, 0.1) is 22.0 Å². The van der Waals surface area contributed by atoms with Gasteiger partial charge < -0.3 is 4.74 Å². The second kappa shape index (κ2) is 8.59. The highest BCUT2D eigenvalue weighted by atomic mass is 35.5. The highest BCUT2D eigenvalue weighted by molar-refractivity contribution is 6.42. The largest absolute Gasteiger partial charge is 0.447 e. The van der Waals surface area contributed by atoms with E-state index in [1.54, 1.807) is 24.3 Å². The molecule has 4 nitrogen and oxygen atoms in total. The molecule has 0 bridgehead atoms. The molecule has 0 unspecified atom stereocenters. The maximum Gasteiger partial charge on any atom is 0.417 e. The number of ether oxygens (including phenoxy) is 1. The number of amides is 2. The van der Waals surface area contributed by atoms with Gasteiger partial charge in [-0.2, -0.15) is 0 Å². The molecule has 3 rings (SSSR count). The van der Waals surface area contributed by atoms with Gasteiger partial charge in [0.1, 0.15) is 6.61 Å². The van der Waals surface area contributed by atoms with Crippen LogP contribution in [0.5, 0.6) is 0 Å². The van der Waals surface area contributed by atoms with E-state index >= 15 is 0 Å². The Labute approximate surface area is 168 Å². The molecule has 1 heterocycles. The molecule has 0 aromatic heterocycles. The van der Waals surface area contributed by atoms with Crippen LogP contribution in [0, 0.1) is 0 Å². The fourth-order valence-corrected chi connectivity index (χ4v) is 3.52. The molecule has 0 spiro atoms. The van der Waals surface area contributed by atoms with Crippen LogP contribution in [-0.2, 0) is 16.0 Å². The fraction of sp³-hybridized carbons (Fsp3) is 0.238. The van der Waals surface area contributed by atoms with Crippen LogP contribution < -0.4 is 0 Å². The summed E-state index contributed by atoms with van der Waals surface area (Å²) in [6, 6.07) is 14.4. The first kappa shape index (κ1) is 19.5. The molecule has 1 fully saturated rings. The molecule has 1 saturated heterocycles. The molecule has 2 aromatic carbocycles. The van der Waals surface area contributed by atoms with E-state index in [-0.39, 0.29) is 18.6 Å². The minimum Gasteiger partial charge on any atom is -0.447 e. The molecule has 1 aliphatic heterocycles. The Bertz CT molecular complexity index is 854. The minimum atomic E-state index is -0.616. The van der Waals surface area contributed by atoms with Crippen molar-refractivity contribution < 1.29 is 14.3 Å². The average Bonchev–Trinajstić information content (AvgIpc) is 3.02. The van der Waals surface area contributed by atoms with E-state index in [0.717, 1.165) is 5.56 Å². The number of allylic oxidation sites excluding steroid dienone is 1. The summed E-state index contributed by atoms with van der Waals surface area (Å²) in [5.74, 6) is -0.905. The number of hydrogen-bond acceptors (Lipinski definition) is 3. The lowest BCUT2D eigenvalue weighted by atomic mass is 9.93. The quantitative estimate of drug-likeness (QED) is 0.619. The van der Waals surface area contributed by atoms with Crippen molar-refractivity contribution in [2.45, 2.75) is 24.8 Å². The van der Waals surface area contributed by atoms with Crippen molar-refractivity contribution in [2.24, 2.45) is 0 Å². The number of carbonyl (C=O) groups is 2. The lowest BCUT2D eigenvalue weighted by molar-refractivity contribution is -0.130. The van der Waals surface area contributed by atoms with E-state index in [1.165, 1.54) is 4.90 Å². The molecule has 1 aliphatic rings. The molecular weight excluding hydrogens is 385 g/mol. The molecule has 0 N–H and O–H groups in total. The number of cyclic esters (lactones) is 1. The Morgan fingerprint density at radius 2 is 1.96 bits per heavy atom. The summed E-state index contributed by atoms with van der Waals surface area (Å²) < 4.78 is 5.17. The van der Waals surface area contributed by atoms with Gasteiger partial charge in [0.25, 0.3) is 0 Å². The number of rotatable bonds is 6. The van der Waals surface area contributed by atoms with Crippen LogP contribution in [0.4, 0.5) is 4.79 Å². The van der Waals surface area contributed by atoms with Crippen molar-refractivity contribution in [1.29, 1.82) is 0 Å². The SMILES string of the molecule is C=CC[C@@H](C(=O)N1C(=O)OC[C@H]1Cc1ccccc1)c1ccc(Cl)c(Cl)c1. The molecule has 2 aromatic rings. The van der Waals surface area contributed by atoms with Gasteiger partial charge in [-0.3, -0.25) is 4.79 Å². The van der Waals surface area contributed by atoms with Crippen LogP contribution in [0.25, 0.3) is 0 Å². The topological polar surface area (TPSA) is 46.6 Å². The summed E-state index contributed by atoms with van der Waals surface area (Å²) >= 11 is 12.1. The third kappa shape index (κ3) is 4.34. The van der Waals surface area contributed by atoms with Crippen molar-refractivity contribution >= 4 is 35.2 Å². The van der Waals surface area contributed by atoms with E-state index < -0.39 is 12.0 Å². The number of halogens is 2. The van der Waals surface area contributed by atoms with Crippen LogP contribution in [0.3, 0.4) is 0 Å². The molecule has 27 heavy (non-hydrogen) atoms. The summed E-state index contributed by atoms with van der Waals surface area (Å²) in [6.45, 7) is 3.92. The number of imide groups is 1. The van der Waals surface area contributed by atoms with Crippen molar-refractivity contribution in [1.82, 2.24) is 4.90 Å². The van der Waals surface area contributed by atoms with Gasteiger partial charge in [0, 0.05) is 0 Å². The number of carbonyl (C=O) groups excluding carboxylic acids is 2. The Morgan fingerprint density at radius 3 is 2.63 bits per heavy atom. The molecule has 2 amide bonds. The Kier molecular flexibility index (Phi) is 6.19. The lowest BCUT2D eigenvalue weighted by Crippen LogP contribution is -2.42. The highest BCUT2D eigenvalue weighted by Gasteiger charge is 2.40. The lowest BCUT2D eigenvalue weighted by Gasteiger charge is -2.25. The van der Waals surface area contributed by atoms with Crippen molar-refractivity contribution in [3.8, 4) is 0 Å².